The predicted molar refractivity (Wildman–Crippen MR) is 131 cm³/mol. The molecule has 34 heavy (non-hydrogen) atoms. The summed E-state index contributed by atoms with van der Waals surface area (Å²) < 4.78 is 13.0. The maximum Gasteiger partial charge on any atom is 0.338 e. The Bertz CT molecular complexity index is 1430. The maximum atomic E-state index is 13.6. The Morgan fingerprint density at radius 2 is 1.91 bits per heavy atom. The van der Waals surface area contributed by atoms with Gasteiger partial charge in [-0.3, -0.25) is 9.36 Å². The largest absolute Gasteiger partial charge is 0.507 e. The minimum Gasteiger partial charge on any atom is -0.507 e. The smallest absolute Gasteiger partial charge is 0.338 e. The van der Waals surface area contributed by atoms with E-state index in [1.807, 2.05) is 38.1 Å². The van der Waals surface area contributed by atoms with Crippen molar-refractivity contribution in [3.63, 3.8) is 0 Å². The molecule has 1 aliphatic rings. The normalized spacial score (nSPS) is 15.8. The van der Waals surface area contributed by atoms with Crippen LogP contribution in [0.1, 0.15) is 44.9 Å². The van der Waals surface area contributed by atoms with Crippen LogP contribution in [0.2, 0.25) is 0 Å². The molecule has 8 heteroatoms. The van der Waals surface area contributed by atoms with Crippen molar-refractivity contribution in [2.75, 3.05) is 6.61 Å². The number of phenols is 1. The third-order valence-electron chi connectivity index (χ3n) is 5.31. The zero-order valence-electron chi connectivity index (χ0n) is 19.4. The first kappa shape index (κ1) is 23.5. The Hall–Kier alpha value is -3.65. The number of esters is 1. The highest BCUT2D eigenvalue weighted by molar-refractivity contribution is 7.07. The average Bonchev–Trinajstić information content (AvgIpc) is 3.09. The van der Waals surface area contributed by atoms with Crippen LogP contribution in [0.4, 0.5) is 0 Å². The molecule has 0 amide bonds. The molecule has 2 aromatic carbocycles. The van der Waals surface area contributed by atoms with Gasteiger partial charge in [0.1, 0.15) is 11.5 Å². The van der Waals surface area contributed by atoms with E-state index < -0.39 is 12.0 Å². The first-order valence-corrected chi connectivity index (χ1v) is 11.9. The monoisotopic (exact) mass is 478 g/mol. The fraction of sp³-hybridized carbons (Fsp3) is 0.269. The summed E-state index contributed by atoms with van der Waals surface area (Å²) in [6, 6.07) is 13.4. The lowest BCUT2D eigenvalue weighted by atomic mass is 9.96. The van der Waals surface area contributed by atoms with Crippen molar-refractivity contribution in [1.29, 1.82) is 0 Å². The van der Waals surface area contributed by atoms with Crippen molar-refractivity contribution in [3.05, 3.63) is 90.6 Å². The molecule has 1 aliphatic heterocycles. The van der Waals surface area contributed by atoms with Gasteiger partial charge in [-0.1, -0.05) is 41.7 Å². The number of carbonyl (C=O) groups excluding carboxylic acids is 1. The first-order valence-electron chi connectivity index (χ1n) is 11.0. The van der Waals surface area contributed by atoms with Gasteiger partial charge in [0.25, 0.3) is 5.56 Å². The van der Waals surface area contributed by atoms with Gasteiger partial charge in [-0.25, -0.2) is 9.79 Å². The van der Waals surface area contributed by atoms with Gasteiger partial charge in [0.05, 0.1) is 34.6 Å². The third-order valence-corrected chi connectivity index (χ3v) is 6.29. The Morgan fingerprint density at radius 3 is 2.56 bits per heavy atom. The number of para-hydroxylation sites is 1. The molecule has 0 fully saturated rings. The summed E-state index contributed by atoms with van der Waals surface area (Å²) in [6.45, 7) is 7.59. The van der Waals surface area contributed by atoms with Crippen LogP contribution < -0.4 is 19.6 Å². The molecule has 4 rings (SSSR count). The molecule has 0 saturated carbocycles. The van der Waals surface area contributed by atoms with Crippen LogP contribution in [-0.2, 0) is 9.53 Å². The second kappa shape index (κ2) is 9.69. The number of nitrogens with zero attached hydrogens (tertiary/aromatic N) is 2. The van der Waals surface area contributed by atoms with Crippen LogP contribution in [0, 0.1) is 0 Å². The molecule has 1 aromatic heterocycles. The molecule has 3 aromatic rings. The molecule has 0 spiro atoms. The zero-order valence-corrected chi connectivity index (χ0v) is 20.3. The second-order valence-corrected chi connectivity index (χ2v) is 9.11. The molecule has 0 aliphatic carbocycles. The van der Waals surface area contributed by atoms with Crippen LogP contribution >= 0.6 is 11.3 Å². The summed E-state index contributed by atoms with van der Waals surface area (Å²) in [5.74, 6) is 0.268. The molecule has 0 saturated heterocycles. The topological polar surface area (TPSA) is 90.1 Å². The van der Waals surface area contributed by atoms with E-state index in [9.17, 15) is 14.7 Å². The van der Waals surface area contributed by atoms with Crippen molar-refractivity contribution in [3.8, 4) is 11.5 Å². The standard InChI is InChI=1S/C26H26N2O5S/c1-5-32-25(31)22-16(4)27-26-28(23(22)17-10-12-19(13-11-17)33-15(2)3)24(30)21(34-26)14-18-8-6-7-9-20(18)29/h6-15,23,29H,5H2,1-4H3/t23-/m0/s1. The molecule has 0 unspecified atom stereocenters. The first-order chi connectivity index (χ1) is 16.3. The number of rotatable bonds is 6. The molecule has 7 nitrogen and oxygen atoms in total. The summed E-state index contributed by atoms with van der Waals surface area (Å²) in [4.78, 5) is 31.5. The molecule has 0 bridgehead atoms. The van der Waals surface area contributed by atoms with Crippen molar-refractivity contribution in [2.45, 2.75) is 39.8 Å². The van der Waals surface area contributed by atoms with Gasteiger partial charge < -0.3 is 14.6 Å². The van der Waals surface area contributed by atoms with Crippen LogP contribution in [0.5, 0.6) is 11.5 Å². The molecule has 2 heterocycles. The second-order valence-electron chi connectivity index (χ2n) is 8.10. The van der Waals surface area contributed by atoms with E-state index in [4.69, 9.17) is 9.47 Å². The Morgan fingerprint density at radius 1 is 1.21 bits per heavy atom. The number of aromatic hydroxyl groups is 1. The van der Waals surface area contributed by atoms with Gasteiger partial charge in [0, 0.05) is 5.56 Å². The van der Waals surface area contributed by atoms with Crippen LogP contribution in [0.15, 0.2) is 69.6 Å². The number of phenolic OH excluding ortho intramolecular Hbond substituents is 1. The van der Waals surface area contributed by atoms with E-state index in [-0.39, 0.29) is 24.0 Å². The van der Waals surface area contributed by atoms with Crippen molar-refractivity contribution >= 4 is 23.4 Å². The minimum absolute atomic E-state index is 0.0233. The highest BCUT2D eigenvalue weighted by atomic mass is 32.1. The fourth-order valence-corrected chi connectivity index (χ4v) is 4.90. The molecular weight excluding hydrogens is 452 g/mol. The van der Waals surface area contributed by atoms with Crippen molar-refractivity contribution < 1.29 is 19.4 Å². The molecule has 176 valence electrons. The van der Waals surface area contributed by atoms with Crippen molar-refractivity contribution in [1.82, 2.24) is 4.57 Å². The lowest BCUT2D eigenvalue weighted by Gasteiger charge is -2.25. The van der Waals surface area contributed by atoms with E-state index in [1.165, 1.54) is 15.9 Å². The maximum absolute atomic E-state index is 13.6. The number of carbonyl (C=O) groups is 1. The zero-order chi connectivity index (χ0) is 24.4. The Kier molecular flexibility index (Phi) is 6.70. The SMILES string of the molecule is CCOC(=O)C1=C(C)N=c2sc(=Cc3ccccc3O)c(=O)n2[C@H]1c1ccc(OC(C)C)cc1. The van der Waals surface area contributed by atoms with E-state index in [1.54, 1.807) is 44.2 Å². The average molecular weight is 479 g/mol. The number of hydrogen-bond donors (Lipinski definition) is 1. The quantitative estimate of drug-likeness (QED) is 0.549. The van der Waals surface area contributed by atoms with E-state index in [2.05, 4.69) is 4.99 Å². The summed E-state index contributed by atoms with van der Waals surface area (Å²) in [5.41, 5.74) is 1.79. The molecule has 1 atom stereocenters. The Labute approximate surface area is 200 Å². The third kappa shape index (κ3) is 4.54. The fourth-order valence-electron chi connectivity index (χ4n) is 3.86. The highest BCUT2D eigenvalue weighted by Gasteiger charge is 2.33. The highest BCUT2D eigenvalue weighted by Crippen LogP contribution is 2.31. The molecular formula is C26H26N2O5S. The van der Waals surface area contributed by atoms with Crippen LogP contribution in [-0.4, -0.2) is 28.4 Å². The van der Waals surface area contributed by atoms with Gasteiger partial charge in [-0.2, -0.15) is 0 Å². The number of hydrogen-bond acceptors (Lipinski definition) is 7. The Balaban J connectivity index is 1.91. The van der Waals surface area contributed by atoms with Gasteiger partial charge in [-0.15, -0.1) is 0 Å². The van der Waals surface area contributed by atoms with Gasteiger partial charge >= 0.3 is 5.97 Å². The van der Waals surface area contributed by atoms with Gasteiger partial charge in [-0.05, 0) is 57.5 Å². The summed E-state index contributed by atoms with van der Waals surface area (Å²) in [6.07, 6.45) is 1.66. The number of allylic oxidation sites excluding steroid dienone is 1. The van der Waals surface area contributed by atoms with E-state index in [0.717, 1.165) is 5.56 Å². The summed E-state index contributed by atoms with van der Waals surface area (Å²) >= 11 is 1.21. The van der Waals surface area contributed by atoms with Gasteiger partial charge in [0.2, 0.25) is 0 Å². The van der Waals surface area contributed by atoms with Crippen molar-refractivity contribution in [2.24, 2.45) is 4.99 Å². The van der Waals surface area contributed by atoms with Crippen LogP contribution in [0.3, 0.4) is 0 Å². The van der Waals surface area contributed by atoms with Gasteiger partial charge in [0.15, 0.2) is 4.80 Å². The number of fused-ring (bicyclic) bond motifs is 1. The number of benzene rings is 2. The number of thiazole rings is 1. The minimum atomic E-state index is -0.699. The predicted octanol–water partition coefficient (Wildman–Crippen LogP) is 3.29. The lowest BCUT2D eigenvalue weighted by Crippen LogP contribution is -2.39. The molecule has 1 N–H and O–H groups in total. The van der Waals surface area contributed by atoms with Crippen LogP contribution in [0.25, 0.3) is 6.08 Å². The summed E-state index contributed by atoms with van der Waals surface area (Å²) in [5, 5.41) is 10.2. The number of ether oxygens (including phenoxy) is 2. The van der Waals surface area contributed by atoms with E-state index >= 15 is 0 Å². The summed E-state index contributed by atoms with van der Waals surface area (Å²) in [7, 11) is 0. The van der Waals surface area contributed by atoms with E-state index in [0.29, 0.717) is 31.9 Å². The lowest BCUT2D eigenvalue weighted by molar-refractivity contribution is -0.139. The molecule has 0 radical (unpaired) electrons. The number of aromatic nitrogens is 1.